The number of aryl methyl sites for hydroxylation is 2. The van der Waals surface area contributed by atoms with Gasteiger partial charge in [0.25, 0.3) is 0 Å². The minimum Gasteiger partial charge on any atom is -0.461 e. The van der Waals surface area contributed by atoms with E-state index in [0.717, 1.165) is 55.4 Å². The Morgan fingerprint density at radius 2 is 2.13 bits per heavy atom. The quantitative estimate of drug-likeness (QED) is 0.627. The second-order valence-electron chi connectivity index (χ2n) is 6.52. The van der Waals surface area contributed by atoms with E-state index in [2.05, 4.69) is 0 Å². The molecular formula is C19H22O4. The van der Waals surface area contributed by atoms with E-state index in [0.29, 0.717) is 12.2 Å². The maximum atomic E-state index is 12.0. The summed E-state index contributed by atoms with van der Waals surface area (Å²) in [7, 11) is 0. The van der Waals surface area contributed by atoms with Gasteiger partial charge in [-0.25, -0.2) is 0 Å². The van der Waals surface area contributed by atoms with E-state index < -0.39 is 0 Å². The molecule has 4 rings (SSSR count). The summed E-state index contributed by atoms with van der Waals surface area (Å²) >= 11 is 0. The monoisotopic (exact) mass is 314 g/mol. The second kappa shape index (κ2) is 6.36. The maximum absolute atomic E-state index is 12.0. The fraction of sp³-hybridized carbons (Fsp3) is 0.526. The molecule has 1 atom stereocenters. The van der Waals surface area contributed by atoms with E-state index in [9.17, 15) is 4.79 Å². The molecule has 2 heterocycles. The molecule has 0 radical (unpaired) electrons. The van der Waals surface area contributed by atoms with Crippen LogP contribution in [0.15, 0.2) is 22.6 Å². The number of carbonyl (C=O) groups excluding carboxylic acids is 1. The average molecular weight is 314 g/mol. The van der Waals surface area contributed by atoms with Crippen molar-refractivity contribution in [3.8, 4) is 5.75 Å². The topological polar surface area (TPSA) is 48.7 Å². The molecule has 4 heteroatoms. The lowest BCUT2D eigenvalue weighted by Crippen LogP contribution is -2.13. The number of benzene rings is 1. The molecule has 0 N–H and O–H groups in total. The fourth-order valence-corrected chi connectivity index (χ4v) is 3.64. The van der Waals surface area contributed by atoms with Crippen LogP contribution in [0, 0.1) is 0 Å². The summed E-state index contributed by atoms with van der Waals surface area (Å²) in [6.45, 7) is 0.821. The summed E-state index contributed by atoms with van der Waals surface area (Å²) in [5.41, 5.74) is 2.19. The number of hydrogen-bond donors (Lipinski definition) is 0. The molecule has 1 aromatic heterocycles. The predicted molar refractivity (Wildman–Crippen MR) is 86.7 cm³/mol. The summed E-state index contributed by atoms with van der Waals surface area (Å²) in [4.78, 5) is 12.0. The number of fused-ring (bicyclic) bond motifs is 3. The van der Waals surface area contributed by atoms with Gasteiger partial charge in [0.05, 0.1) is 6.10 Å². The predicted octanol–water partition coefficient (Wildman–Crippen LogP) is 4.18. The van der Waals surface area contributed by atoms with Gasteiger partial charge in [-0.05, 0) is 56.7 Å². The largest absolute Gasteiger partial charge is 0.461 e. The van der Waals surface area contributed by atoms with E-state index in [4.69, 9.17) is 13.9 Å². The first kappa shape index (κ1) is 14.8. The third-order valence-corrected chi connectivity index (χ3v) is 4.85. The number of rotatable bonds is 4. The molecule has 122 valence electrons. The molecule has 1 saturated heterocycles. The summed E-state index contributed by atoms with van der Waals surface area (Å²) in [5, 5.41) is 1.10. The van der Waals surface area contributed by atoms with Gasteiger partial charge < -0.3 is 13.9 Å². The van der Waals surface area contributed by atoms with Gasteiger partial charge in [0.1, 0.15) is 17.1 Å². The van der Waals surface area contributed by atoms with Gasteiger partial charge in [-0.3, -0.25) is 4.79 Å². The Morgan fingerprint density at radius 3 is 3.00 bits per heavy atom. The Bertz CT molecular complexity index is 709. The standard InChI is InChI=1S/C19H22O4/c20-19(10-8-13-4-3-11-21-13)22-14-7-9-18-16(12-14)15-5-1-2-6-17(15)23-18/h7,9,12-13H,1-6,8,10-11H2. The highest BCUT2D eigenvalue weighted by Crippen LogP contribution is 2.34. The minimum absolute atomic E-state index is 0.183. The van der Waals surface area contributed by atoms with Crippen molar-refractivity contribution in [1.29, 1.82) is 0 Å². The third-order valence-electron chi connectivity index (χ3n) is 4.85. The van der Waals surface area contributed by atoms with E-state index in [1.165, 1.54) is 18.4 Å². The van der Waals surface area contributed by atoms with Crippen LogP contribution < -0.4 is 4.74 Å². The van der Waals surface area contributed by atoms with Crippen molar-refractivity contribution in [2.24, 2.45) is 0 Å². The first-order valence-electron chi connectivity index (χ1n) is 8.66. The van der Waals surface area contributed by atoms with Gasteiger partial charge in [-0.1, -0.05) is 0 Å². The molecular weight excluding hydrogens is 292 g/mol. The molecule has 1 unspecified atom stereocenters. The van der Waals surface area contributed by atoms with Crippen LogP contribution in [0.3, 0.4) is 0 Å². The van der Waals surface area contributed by atoms with Crippen LogP contribution in [-0.4, -0.2) is 18.7 Å². The molecule has 0 bridgehead atoms. The fourth-order valence-electron chi connectivity index (χ4n) is 3.64. The third kappa shape index (κ3) is 3.13. The SMILES string of the molecule is O=C(CCC1CCCO1)Oc1ccc2oc3c(c2c1)CCCC3. The van der Waals surface area contributed by atoms with Crippen LogP contribution in [0.1, 0.15) is 49.8 Å². The van der Waals surface area contributed by atoms with E-state index in [1.54, 1.807) is 0 Å². The maximum Gasteiger partial charge on any atom is 0.311 e. The highest BCUT2D eigenvalue weighted by Gasteiger charge is 2.20. The number of furan rings is 1. The average Bonchev–Trinajstić information content (AvgIpc) is 3.20. The zero-order valence-electron chi connectivity index (χ0n) is 13.3. The number of hydrogen-bond acceptors (Lipinski definition) is 4. The number of esters is 1. The normalized spacial score (nSPS) is 20.6. The molecule has 0 amide bonds. The van der Waals surface area contributed by atoms with Crippen molar-refractivity contribution in [2.45, 2.75) is 57.5 Å². The van der Waals surface area contributed by atoms with Crippen LogP contribution in [0.25, 0.3) is 11.0 Å². The van der Waals surface area contributed by atoms with Gasteiger partial charge in [-0.2, -0.15) is 0 Å². The molecule has 1 aromatic carbocycles. The first-order valence-corrected chi connectivity index (χ1v) is 8.66. The smallest absolute Gasteiger partial charge is 0.311 e. The Morgan fingerprint density at radius 1 is 1.22 bits per heavy atom. The van der Waals surface area contributed by atoms with Crippen molar-refractivity contribution in [3.05, 3.63) is 29.5 Å². The van der Waals surface area contributed by atoms with Crippen LogP contribution in [-0.2, 0) is 22.4 Å². The molecule has 2 aromatic rings. The van der Waals surface area contributed by atoms with Crippen molar-refractivity contribution in [2.75, 3.05) is 6.61 Å². The van der Waals surface area contributed by atoms with Crippen LogP contribution in [0.5, 0.6) is 5.75 Å². The van der Waals surface area contributed by atoms with Gasteiger partial charge in [0, 0.05) is 30.4 Å². The summed E-state index contributed by atoms with van der Waals surface area (Å²) in [5.74, 6) is 1.54. The van der Waals surface area contributed by atoms with Crippen LogP contribution in [0.4, 0.5) is 0 Å². The molecule has 2 aliphatic rings. The van der Waals surface area contributed by atoms with Crippen molar-refractivity contribution >= 4 is 16.9 Å². The summed E-state index contributed by atoms with van der Waals surface area (Å²) < 4.78 is 17.0. The first-order chi connectivity index (χ1) is 11.3. The Balaban J connectivity index is 1.44. The van der Waals surface area contributed by atoms with Crippen molar-refractivity contribution in [3.63, 3.8) is 0 Å². The van der Waals surface area contributed by atoms with Gasteiger partial charge in [0.15, 0.2) is 0 Å². The summed E-state index contributed by atoms with van der Waals surface area (Å²) in [6, 6.07) is 5.69. The molecule has 0 spiro atoms. The Kier molecular flexibility index (Phi) is 4.08. The number of ether oxygens (including phenoxy) is 2. The highest BCUT2D eigenvalue weighted by molar-refractivity contribution is 5.85. The number of carbonyl (C=O) groups is 1. The molecule has 1 aliphatic carbocycles. The zero-order valence-corrected chi connectivity index (χ0v) is 13.3. The van der Waals surface area contributed by atoms with Crippen LogP contribution in [0.2, 0.25) is 0 Å². The highest BCUT2D eigenvalue weighted by atomic mass is 16.5. The summed E-state index contributed by atoms with van der Waals surface area (Å²) in [6.07, 6.45) is 8.01. The molecule has 23 heavy (non-hydrogen) atoms. The second-order valence-corrected chi connectivity index (χ2v) is 6.52. The molecule has 1 fully saturated rings. The molecule has 1 aliphatic heterocycles. The lowest BCUT2D eigenvalue weighted by atomic mass is 9.96. The van der Waals surface area contributed by atoms with Gasteiger partial charge in [-0.15, -0.1) is 0 Å². The van der Waals surface area contributed by atoms with E-state index >= 15 is 0 Å². The van der Waals surface area contributed by atoms with Gasteiger partial charge in [0.2, 0.25) is 0 Å². The van der Waals surface area contributed by atoms with Crippen molar-refractivity contribution in [1.82, 2.24) is 0 Å². The molecule has 0 saturated carbocycles. The Hall–Kier alpha value is -1.81. The van der Waals surface area contributed by atoms with Crippen molar-refractivity contribution < 1.29 is 18.7 Å². The minimum atomic E-state index is -0.183. The lowest BCUT2D eigenvalue weighted by molar-refractivity contribution is -0.135. The Labute approximate surface area is 135 Å². The van der Waals surface area contributed by atoms with E-state index in [-0.39, 0.29) is 12.1 Å². The lowest BCUT2D eigenvalue weighted by Gasteiger charge is -2.10. The van der Waals surface area contributed by atoms with Crippen LogP contribution >= 0.6 is 0 Å². The molecule has 4 nitrogen and oxygen atoms in total. The zero-order chi connectivity index (χ0) is 15.6. The van der Waals surface area contributed by atoms with Gasteiger partial charge >= 0.3 is 5.97 Å². The van der Waals surface area contributed by atoms with E-state index in [1.807, 2.05) is 18.2 Å².